The third-order valence-electron chi connectivity index (χ3n) is 5.92. The highest BCUT2D eigenvalue weighted by molar-refractivity contribution is 6.14. The van der Waals surface area contributed by atoms with Crippen molar-refractivity contribution in [2.24, 2.45) is 5.92 Å². The summed E-state index contributed by atoms with van der Waals surface area (Å²) in [5.74, 6) is -0.154. The van der Waals surface area contributed by atoms with Crippen molar-refractivity contribution in [2.75, 3.05) is 4.90 Å². The van der Waals surface area contributed by atoms with Crippen LogP contribution in [-0.4, -0.2) is 4.98 Å². The molecule has 1 aliphatic heterocycles. The van der Waals surface area contributed by atoms with Crippen LogP contribution in [-0.2, 0) is 6.37 Å². The number of benzene rings is 4. The summed E-state index contributed by atoms with van der Waals surface area (Å²) in [6.07, 6.45) is -1.46. The van der Waals surface area contributed by atoms with Crippen LogP contribution in [0.2, 0.25) is 0 Å². The van der Waals surface area contributed by atoms with Crippen LogP contribution in [0, 0.1) is 5.92 Å². The van der Waals surface area contributed by atoms with Crippen LogP contribution in [0.15, 0.2) is 91.0 Å². The van der Waals surface area contributed by atoms with E-state index in [1.54, 1.807) is 0 Å². The standard InChI is InChI=1S/C29H24N2/c1-19(2)17-21-11-7-15-25-24(21)18-27-29(30-25)23-14-6-9-20-10-8-16-26(28(20)23)31(27)22-12-4-3-5-13-22/h3-16,18-19H,17H2,1-2H3/i17D2. The first-order valence-electron chi connectivity index (χ1n) is 11.8. The van der Waals surface area contributed by atoms with Crippen LogP contribution in [0.25, 0.3) is 32.9 Å². The maximum Gasteiger partial charge on any atom is 0.0957 e. The Morgan fingerprint density at radius 1 is 0.839 bits per heavy atom. The Balaban J connectivity index is 1.74. The lowest BCUT2D eigenvalue weighted by Crippen LogP contribution is -2.16. The molecule has 0 aliphatic carbocycles. The summed E-state index contributed by atoms with van der Waals surface area (Å²) in [7, 11) is 0. The molecule has 0 saturated heterocycles. The van der Waals surface area contributed by atoms with Crippen LogP contribution in [0.1, 0.15) is 22.2 Å². The summed E-state index contributed by atoms with van der Waals surface area (Å²) >= 11 is 0. The number of aromatic nitrogens is 1. The van der Waals surface area contributed by atoms with Gasteiger partial charge in [-0.3, -0.25) is 0 Å². The zero-order valence-electron chi connectivity index (χ0n) is 19.6. The first kappa shape index (κ1) is 16.1. The maximum absolute atomic E-state index is 8.79. The Labute approximate surface area is 185 Å². The molecule has 0 radical (unpaired) electrons. The average molecular weight is 403 g/mol. The Kier molecular flexibility index (Phi) is 3.61. The van der Waals surface area contributed by atoms with Gasteiger partial charge in [-0.1, -0.05) is 74.5 Å². The van der Waals surface area contributed by atoms with Crippen molar-refractivity contribution in [3.63, 3.8) is 0 Å². The van der Waals surface area contributed by atoms with Gasteiger partial charge in [-0.05, 0) is 53.6 Å². The predicted molar refractivity (Wildman–Crippen MR) is 131 cm³/mol. The second-order valence-corrected chi connectivity index (χ2v) is 8.38. The van der Waals surface area contributed by atoms with Gasteiger partial charge in [-0.15, -0.1) is 0 Å². The molecule has 4 aromatic carbocycles. The van der Waals surface area contributed by atoms with Crippen molar-refractivity contribution >= 4 is 38.7 Å². The Morgan fingerprint density at radius 2 is 1.61 bits per heavy atom. The van der Waals surface area contributed by atoms with E-state index in [9.17, 15) is 0 Å². The number of pyridine rings is 1. The highest BCUT2D eigenvalue weighted by Crippen LogP contribution is 2.50. The minimum Gasteiger partial charge on any atom is -0.308 e. The molecule has 6 rings (SSSR count). The molecule has 0 fully saturated rings. The van der Waals surface area contributed by atoms with Crippen molar-refractivity contribution in [2.45, 2.75) is 20.2 Å². The summed E-state index contributed by atoms with van der Waals surface area (Å²) in [4.78, 5) is 7.40. The van der Waals surface area contributed by atoms with E-state index in [1.165, 1.54) is 10.8 Å². The number of anilines is 3. The molecule has 0 saturated carbocycles. The monoisotopic (exact) mass is 402 g/mol. The third kappa shape index (κ3) is 2.83. The molecule has 1 aromatic heterocycles. The second kappa shape index (κ2) is 6.95. The largest absolute Gasteiger partial charge is 0.308 e. The molecule has 2 heterocycles. The number of para-hydroxylation sites is 1. The Bertz CT molecular complexity index is 1520. The summed E-state index contributed by atoms with van der Waals surface area (Å²) in [6.45, 7) is 3.86. The second-order valence-electron chi connectivity index (χ2n) is 8.38. The van der Waals surface area contributed by atoms with Crippen LogP contribution < -0.4 is 4.90 Å². The van der Waals surface area contributed by atoms with Crippen molar-refractivity contribution in [3.8, 4) is 11.3 Å². The van der Waals surface area contributed by atoms with E-state index in [-0.39, 0.29) is 5.92 Å². The van der Waals surface area contributed by atoms with Gasteiger partial charge in [0.2, 0.25) is 0 Å². The van der Waals surface area contributed by atoms with E-state index >= 15 is 0 Å². The number of hydrogen-bond acceptors (Lipinski definition) is 2. The molecule has 0 N–H and O–H groups in total. The van der Waals surface area contributed by atoms with Gasteiger partial charge in [0, 0.05) is 24.8 Å². The zero-order chi connectivity index (χ0) is 22.7. The minimum absolute atomic E-state index is 0.154. The topological polar surface area (TPSA) is 16.1 Å². The third-order valence-corrected chi connectivity index (χ3v) is 5.92. The van der Waals surface area contributed by atoms with E-state index in [4.69, 9.17) is 7.73 Å². The predicted octanol–water partition coefficient (Wildman–Crippen LogP) is 8.04. The quantitative estimate of drug-likeness (QED) is 0.298. The smallest absolute Gasteiger partial charge is 0.0957 e. The fourth-order valence-corrected chi connectivity index (χ4v) is 4.68. The summed E-state index contributed by atoms with van der Waals surface area (Å²) in [5.41, 5.74) is 6.71. The maximum atomic E-state index is 8.79. The Morgan fingerprint density at radius 3 is 2.42 bits per heavy atom. The molecular weight excluding hydrogens is 376 g/mol. The highest BCUT2D eigenvalue weighted by Gasteiger charge is 2.27. The molecule has 0 amide bonds. The van der Waals surface area contributed by atoms with Crippen LogP contribution in [0.4, 0.5) is 17.1 Å². The van der Waals surface area contributed by atoms with Crippen LogP contribution in [0.3, 0.4) is 0 Å². The number of nitrogens with zero attached hydrogens (tertiary/aromatic N) is 2. The number of hydrogen-bond donors (Lipinski definition) is 0. The fraction of sp³-hybridized carbons (Fsp3) is 0.138. The first-order chi connectivity index (χ1) is 16.0. The lowest BCUT2D eigenvalue weighted by Gasteiger charge is -2.33. The van der Waals surface area contributed by atoms with Crippen molar-refractivity contribution in [1.82, 2.24) is 4.98 Å². The minimum atomic E-state index is -1.46. The highest BCUT2D eigenvalue weighted by atomic mass is 15.2. The molecule has 1 aliphatic rings. The lowest BCUT2D eigenvalue weighted by atomic mass is 9.92. The Hall–Kier alpha value is -3.65. The summed E-state index contributed by atoms with van der Waals surface area (Å²) in [6, 6.07) is 31.1. The number of rotatable bonds is 3. The summed E-state index contributed by atoms with van der Waals surface area (Å²) in [5, 5.41) is 3.24. The molecule has 31 heavy (non-hydrogen) atoms. The van der Waals surface area contributed by atoms with Crippen molar-refractivity contribution in [1.29, 1.82) is 0 Å². The molecule has 5 aromatic rings. The van der Waals surface area contributed by atoms with Gasteiger partial charge in [-0.25, -0.2) is 4.98 Å². The molecule has 0 unspecified atom stereocenters. The summed E-state index contributed by atoms with van der Waals surface area (Å²) < 4.78 is 17.6. The first-order valence-corrected chi connectivity index (χ1v) is 10.8. The molecule has 150 valence electrons. The normalized spacial score (nSPS) is 14.0. The van der Waals surface area contributed by atoms with Gasteiger partial charge in [0.25, 0.3) is 0 Å². The van der Waals surface area contributed by atoms with Gasteiger partial charge in [0.1, 0.15) is 0 Å². The zero-order valence-corrected chi connectivity index (χ0v) is 17.6. The number of fused-ring (bicyclic) bond motifs is 3. The van der Waals surface area contributed by atoms with Gasteiger partial charge in [-0.2, -0.15) is 0 Å². The van der Waals surface area contributed by atoms with E-state index in [0.717, 1.165) is 39.2 Å². The van der Waals surface area contributed by atoms with E-state index in [2.05, 4.69) is 59.5 Å². The average Bonchev–Trinajstić information content (AvgIpc) is 2.83. The van der Waals surface area contributed by atoms with Gasteiger partial charge < -0.3 is 4.90 Å². The lowest BCUT2D eigenvalue weighted by molar-refractivity contribution is 0.650. The molecule has 0 spiro atoms. The molecule has 2 heteroatoms. The molecular formula is C29H24N2. The van der Waals surface area contributed by atoms with E-state index in [1.807, 2.05) is 50.2 Å². The van der Waals surface area contributed by atoms with Gasteiger partial charge in [0.05, 0.1) is 22.6 Å². The van der Waals surface area contributed by atoms with Gasteiger partial charge in [0.15, 0.2) is 0 Å². The fourth-order valence-electron chi connectivity index (χ4n) is 4.68. The van der Waals surface area contributed by atoms with E-state index < -0.39 is 6.37 Å². The van der Waals surface area contributed by atoms with Gasteiger partial charge >= 0.3 is 0 Å². The van der Waals surface area contributed by atoms with Crippen LogP contribution in [0.5, 0.6) is 0 Å². The molecule has 2 nitrogen and oxygen atoms in total. The molecule has 0 bridgehead atoms. The van der Waals surface area contributed by atoms with Crippen molar-refractivity contribution in [3.05, 3.63) is 96.6 Å². The van der Waals surface area contributed by atoms with Crippen molar-refractivity contribution < 1.29 is 2.74 Å². The SMILES string of the molecule is [2H]C([2H])(c1cccc2nc3c(cc12)N(c1ccccc1)c1cccc2cccc-3c12)C(C)C. The molecule has 0 atom stereocenters. The van der Waals surface area contributed by atoms with Crippen LogP contribution >= 0.6 is 0 Å². The van der Waals surface area contributed by atoms with E-state index in [0.29, 0.717) is 5.56 Å².